The summed E-state index contributed by atoms with van der Waals surface area (Å²) in [6, 6.07) is 51.6. The number of rotatable bonds is 2. The maximum atomic E-state index is 2.50. The lowest BCUT2D eigenvalue weighted by molar-refractivity contribution is 1.47. The molecule has 0 saturated carbocycles. The van der Waals surface area contributed by atoms with Crippen LogP contribution in [-0.4, -0.2) is 0 Å². The molecule has 0 spiro atoms. The van der Waals surface area contributed by atoms with Gasteiger partial charge in [0.05, 0.1) is 0 Å². The summed E-state index contributed by atoms with van der Waals surface area (Å²) in [5.74, 6) is 0. The molecule has 0 unspecified atom stereocenters. The van der Waals surface area contributed by atoms with E-state index in [-0.39, 0.29) is 0 Å². The van der Waals surface area contributed by atoms with E-state index in [0.717, 1.165) is 0 Å². The quantitative estimate of drug-likeness (QED) is 0.166. The van der Waals surface area contributed by atoms with Gasteiger partial charge in [-0.2, -0.15) is 0 Å². The first-order chi connectivity index (χ1) is 24.4. The van der Waals surface area contributed by atoms with Gasteiger partial charge in [-0.3, -0.25) is 0 Å². The molecule has 11 aromatic carbocycles. The molecule has 0 amide bonds. The van der Waals surface area contributed by atoms with E-state index in [0.29, 0.717) is 0 Å². The zero-order valence-corrected chi connectivity index (χ0v) is 28.7. The highest BCUT2D eigenvalue weighted by atomic mass is 14.2. The van der Waals surface area contributed by atoms with Crippen LogP contribution in [0.2, 0.25) is 0 Å². The monoisotopic (exact) mass is 634 g/mol. The van der Waals surface area contributed by atoms with Crippen LogP contribution in [0.25, 0.3) is 108 Å². The molecular weight excluding hydrogens is 601 g/mol. The summed E-state index contributed by atoms with van der Waals surface area (Å²) >= 11 is 0. The van der Waals surface area contributed by atoms with Crippen LogP contribution in [0, 0.1) is 27.7 Å². The summed E-state index contributed by atoms with van der Waals surface area (Å²) in [5, 5.41) is 21.5. The third kappa shape index (κ3) is 3.77. The standard InChI is InChI=1S/C50H34/c1-27-5-11-31(12-6-27)33-21-43-37-17-18-38-42(41(37)25-47-35-15-9-29(3)19-39(35)45(23-33)49(43)47)26-48-36-16-10-30(4)20-40(36)46-24-34(22-44(38)50(46)48)32-13-7-28(2)8-14-32/h5-26H,1-4H3. The van der Waals surface area contributed by atoms with Crippen LogP contribution >= 0.6 is 0 Å². The maximum absolute atomic E-state index is 2.50. The zero-order chi connectivity index (χ0) is 33.4. The zero-order valence-electron chi connectivity index (χ0n) is 28.7. The Morgan fingerprint density at radius 3 is 0.860 bits per heavy atom. The average molecular weight is 635 g/mol. The van der Waals surface area contributed by atoms with Crippen LogP contribution in [0.5, 0.6) is 0 Å². The summed E-state index contributed by atoms with van der Waals surface area (Å²) < 4.78 is 0. The summed E-state index contributed by atoms with van der Waals surface area (Å²) in [6.07, 6.45) is 0. The van der Waals surface area contributed by atoms with E-state index < -0.39 is 0 Å². The van der Waals surface area contributed by atoms with Crippen molar-refractivity contribution in [3.63, 3.8) is 0 Å². The lowest BCUT2D eigenvalue weighted by Gasteiger charge is -2.14. The molecule has 0 aromatic heterocycles. The van der Waals surface area contributed by atoms with Gasteiger partial charge >= 0.3 is 0 Å². The molecule has 0 fully saturated rings. The van der Waals surface area contributed by atoms with Crippen molar-refractivity contribution in [3.8, 4) is 22.3 Å². The Bertz CT molecular complexity index is 2970. The van der Waals surface area contributed by atoms with Crippen LogP contribution in [0.1, 0.15) is 22.3 Å². The minimum atomic E-state index is 1.26. The van der Waals surface area contributed by atoms with Gasteiger partial charge in [-0.05, 0) is 173 Å². The second kappa shape index (κ2) is 9.80. The van der Waals surface area contributed by atoms with Gasteiger partial charge in [-0.15, -0.1) is 0 Å². The molecule has 0 saturated heterocycles. The smallest absolute Gasteiger partial charge is 0.00195 e. The first kappa shape index (κ1) is 27.9. The predicted molar refractivity (Wildman–Crippen MR) is 219 cm³/mol. The Morgan fingerprint density at radius 1 is 0.200 bits per heavy atom. The van der Waals surface area contributed by atoms with Crippen molar-refractivity contribution in [3.05, 3.63) is 156 Å². The molecular formula is C50H34. The third-order valence-corrected chi connectivity index (χ3v) is 11.5. The molecule has 50 heavy (non-hydrogen) atoms. The summed E-state index contributed by atoms with van der Waals surface area (Å²) in [7, 11) is 0. The summed E-state index contributed by atoms with van der Waals surface area (Å²) in [6.45, 7) is 8.74. The van der Waals surface area contributed by atoms with Gasteiger partial charge in [-0.1, -0.05) is 119 Å². The Labute approximate surface area is 290 Å². The fourth-order valence-corrected chi connectivity index (χ4v) is 9.05. The van der Waals surface area contributed by atoms with Crippen molar-refractivity contribution in [1.29, 1.82) is 0 Å². The van der Waals surface area contributed by atoms with Gasteiger partial charge in [0.1, 0.15) is 0 Å². The van der Waals surface area contributed by atoms with Gasteiger partial charge in [0.2, 0.25) is 0 Å². The minimum Gasteiger partial charge on any atom is -0.0587 e. The second-order valence-electron chi connectivity index (χ2n) is 14.8. The van der Waals surface area contributed by atoms with E-state index in [2.05, 4.69) is 161 Å². The molecule has 0 bridgehead atoms. The normalized spacial score (nSPS) is 12.4. The van der Waals surface area contributed by atoms with Crippen LogP contribution in [0.15, 0.2) is 133 Å². The van der Waals surface area contributed by atoms with Crippen molar-refractivity contribution in [1.82, 2.24) is 0 Å². The first-order valence-electron chi connectivity index (χ1n) is 17.7. The molecule has 0 aliphatic carbocycles. The molecule has 11 rings (SSSR count). The highest BCUT2D eigenvalue weighted by Crippen LogP contribution is 2.49. The van der Waals surface area contributed by atoms with Crippen LogP contribution < -0.4 is 0 Å². The fraction of sp³-hybridized carbons (Fsp3) is 0.0800. The van der Waals surface area contributed by atoms with Crippen molar-refractivity contribution >= 4 is 86.2 Å². The van der Waals surface area contributed by atoms with Crippen LogP contribution in [0.4, 0.5) is 0 Å². The number of aryl methyl sites for hydroxylation is 4. The van der Waals surface area contributed by atoms with Crippen molar-refractivity contribution < 1.29 is 0 Å². The van der Waals surface area contributed by atoms with Crippen molar-refractivity contribution in [2.24, 2.45) is 0 Å². The van der Waals surface area contributed by atoms with E-state index in [1.807, 2.05) is 0 Å². The van der Waals surface area contributed by atoms with E-state index in [9.17, 15) is 0 Å². The Hall–Kier alpha value is -5.98. The molecule has 0 heterocycles. The summed E-state index contributed by atoms with van der Waals surface area (Å²) in [4.78, 5) is 0. The molecule has 0 atom stereocenters. The lowest BCUT2D eigenvalue weighted by atomic mass is 9.89. The lowest BCUT2D eigenvalue weighted by Crippen LogP contribution is -1.86. The molecule has 0 N–H and O–H groups in total. The van der Waals surface area contributed by atoms with E-state index in [1.165, 1.54) is 131 Å². The Balaban J connectivity index is 1.33. The highest BCUT2D eigenvalue weighted by Gasteiger charge is 2.21. The topological polar surface area (TPSA) is 0 Å². The van der Waals surface area contributed by atoms with Gasteiger partial charge in [-0.25, -0.2) is 0 Å². The average Bonchev–Trinajstić information content (AvgIpc) is 3.61. The van der Waals surface area contributed by atoms with Gasteiger partial charge in [0.25, 0.3) is 0 Å². The van der Waals surface area contributed by atoms with Gasteiger partial charge in [0, 0.05) is 0 Å². The molecule has 11 aromatic rings. The van der Waals surface area contributed by atoms with E-state index in [4.69, 9.17) is 0 Å². The van der Waals surface area contributed by atoms with Crippen LogP contribution in [0.3, 0.4) is 0 Å². The maximum Gasteiger partial charge on any atom is -0.00195 e. The molecule has 0 radical (unpaired) electrons. The predicted octanol–water partition coefficient (Wildman–Crippen LogP) is 14.4. The molecule has 0 heteroatoms. The number of fused-ring (bicyclic) bond motifs is 11. The number of benzene rings is 9. The first-order valence-corrected chi connectivity index (χ1v) is 17.7. The summed E-state index contributed by atoms with van der Waals surface area (Å²) in [5.41, 5.74) is 10.2. The van der Waals surface area contributed by atoms with Gasteiger partial charge < -0.3 is 0 Å². The Kier molecular flexibility index (Phi) is 5.47. The van der Waals surface area contributed by atoms with E-state index >= 15 is 0 Å². The highest BCUT2D eigenvalue weighted by molar-refractivity contribution is 6.40. The third-order valence-electron chi connectivity index (χ3n) is 11.5. The Morgan fingerprint density at radius 2 is 0.480 bits per heavy atom. The van der Waals surface area contributed by atoms with Gasteiger partial charge in [0.15, 0.2) is 0 Å². The largest absolute Gasteiger partial charge is 0.0587 e. The molecule has 0 nitrogen and oxygen atoms in total. The van der Waals surface area contributed by atoms with E-state index in [1.54, 1.807) is 0 Å². The molecule has 0 aliphatic rings. The second-order valence-corrected chi connectivity index (χ2v) is 14.8. The number of hydrogen-bond acceptors (Lipinski definition) is 0. The van der Waals surface area contributed by atoms with Crippen molar-refractivity contribution in [2.45, 2.75) is 27.7 Å². The number of hydrogen-bond donors (Lipinski definition) is 0. The fourth-order valence-electron chi connectivity index (χ4n) is 9.05. The molecule has 234 valence electrons. The van der Waals surface area contributed by atoms with Crippen molar-refractivity contribution in [2.75, 3.05) is 0 Å². The molecule has 0 aliphatic heterocycles. The van der Waals surface area contributed by atoms with Crippen LogP contribution in [-0.2, 0) is 0 Å². The SMILES string of the molecule is Cc1ccc(-c2cc3c4ccc5c(cc6c7ccc(C)cc7c7cc(-c8ccc(C)cc8)cc5c76)c4cc4c5ccc(C)cc5c(c2)c34)cc1. The minimum absolute atomic E-state index is 1.26.